The minimum atomic E-state index is -0.0379. The molecule has 1 saturated heterocycles. The van der Waals surface area contributed by atoms with E-state index in [0.29, 0.717) is 17.3 Å². The maximum atomic E-state index is 12.4. The number of hydrogen-bond acceptors (Lipinski definition) is 4. The first-order valence-electron chi connectivity index (χ1n) is 7.14. The predicted molar refractivity (Wildman–Crippen MR) is 79.7 cm³/mol. The molecule has 1 aliphatic rings. The van der Waals surface area contributed by atoms with Crippen molar-refractivity contribution < 1.29 is 9.90 Å². The fourth-order valence-electron chi connectivity index (χ4n) is 2.48. The Labute approximate surface area is 120 Å². The molecular weight excluding hydrogens is 254 g/mol. The minimum Gasteiger partial charge on any atom is -0.506 e. The van der Waals surface area contributed by atoms with Crippen LogP contribution in [-0.4, -0.2) is 53.0 Å². The average Bonchev–Trinajstić information content (AvgIpc) is 2.48. The van der Waals surface area contributed by atoms with E-state index in [1.165, 1.54) is 6.07 Å². The van der Waals surface area contributed by atoms with Crippen molar-refractivity contribution in [2.75, 3.05) is 31.9 Å². The van der Waals surface area contributed by atoms with Gasteiger partial charge in [0.2, 0.25) is 0 Å². The van der Waals surface area contributed by atoms with E-state index in [0.717, 1.165) is 32.6 Å². The molecule has 3 N–H and O–H groups in total. The quantitative estimate of drug-likeness (QED) is 0.649. The van der Waals surface area contributed by atoms with Crippen LogP contribution in [0, 0.1) is 0 Å². The van der Waals surface area contributed by atoms with Crippen LogP contribution < -0.4 is 5.73 Å². The first-order valence-corrected chi connectivity index (χ1v) is 7.14. The summed E-state index contributed by atoms with van der Waals surface area (Å²) in [5, 5.41) is 9.59. The maximum absolute atomic E-state index is 12.4. The van der Waals surface area contributed by atoms with Crippen molar-refractivity contribution in [2.24, 2.45) is 0 Å². The number of phenols is 1. The number of phenolic OH excluding ortho intramolecular Hbond substituents is 1. The summed E-state index contributed by atoms with van der Waals surface area (Å²) in [5.41, 5.74) is 6.34. The lowest BCUT2D eigenvalue weighted by molar-refractivity contribution is 0.0579. The number of carbonyl (C=O) groups excluding carboxylic acids is 1. The molecule has 5 nitrogen and oxygen atoms in total. The maximum Gasteiger partial charge on any atom is 0.254 e. The van der Waals surface area contributed by atoms with E-state index >= 15 is 0 Å². The zero-order valence-electron chi connectivity index (χ0n) is 12.2. The molecule has 5 heteroatoms. The second-order valence-corrected chi connectivity index (χ2v) is 5.36. The van der Waals surface area contributed by atoms with Crippen LogP contribution in [0.3, 0.4) is 0 Å². The van der Waals surface area contributed by atoms with Crippen LogP contribution in [0.15, 0.2) is 18.2 Å². The van der Waals surface area contributed by atoms with Crippen LogP contribution in [-0.2, 0) is 0 Å². The number of nitrogens with two attached hydrogens (primary N) is 1. The number of rotatable bonds is 3. The molecule has 1 fully saturated rings. The summed E-state index contributed by atoms with van der Waals surface area (Å²) < 4.78 is 0. The fourth-order valence-corrected chi connectivity index (χ4v) is 2.48. The van der Waals surface area contributed by atoms with Gasteiger partial charge in [-0.1, -0.05) is 6.92 Å². The largest absolute Gasteiger partial charge is 0.506 e. The van der Waals surface area contributed by atoms with Crippen molar-refractivity contribution in [1.82, 2.24) is 9.80 Å². The summed E-state index contributed by atoms with van der Waals surface area (Å²) >= 11 is 0. The molecule has 20 heavy (non-hydrogen) atoms. The molecule has 1 heterocycles. The Morgan fingerprint density at radius 1 is 1.35 bits per heavy atom. The number of nitrogen functional groups attached to an aromatic ring is 1. The van der Waals surface area contributed by atoms with Gasteiger partial charge in [0.1, 0.15) is 5.75 Å². The van der Waals surface area contributed by atoms with Gasteiger partial charge >= 0.3 is 0 Å². The van der Waals surface area contributed by atoms with Crippen LogP contribution in [0.1, 0.15) is 30.6 Å². The van der Waals surface area contributed by atoms with Crippen molar-refractivity contribution >= 4 is 11.6 Å². The summed E-state index contributed by atoms with van der Waals surface area (Å²) in [6, 6.07) is 5.24. The molecule has 0 aliphatic carbocycles. The van der Waals surface area contributed by atoms with E-state index in [2.05, 4.69) is 18.7 Å². The number of piperazine rings is 1. The summed E-state index contributed by atoms with van der Waals surface area (Å²) in [7, 11) is 0. The minimum absolute atomic E-state index is 0.0332. The van der Waals surface area contributed by atoms with Crippen LogP contribution in [0.25, 0.3) is 0 Å². The van der Waals surface area contributed by atoms with Gasteiger partial charge in [-0.3, -0.25) is 9.69 Å². The van der Waals surface area contributed by atoms with Crippen LogP contribution in [0.5, 0.6) is 5.75 Å². The first kappa shape index (κ1) is 14.7. The number of carbonyl (C=O) groups is 1. The lowest BCUT2D eigenvalue weighted by atomic mass is 10.1. The standard InChI is InChI=1S/C15H23N3O2/c1-3-11(2)17-6-8-18(9-7-17)15(20)12-4-5-13(16)14(19)10-12/h4-5,10-11,19H,3,6-9,16H2,1-2H3. The molecule has 0 bridgehead atoms. The van der Waals surface area contributed by atoms with E-state index in [9.17, 15) is 9.90 Å². The number of anilines is 1. The lowest BCUT2D eigenvalue weighted by Gasteiger charge is -2.37. The van der Waals surface area contributed by atoms with Crippen molar-refractivity contribution in [3.63, 3.8) is 0 Å². The van der Waals surface area contributed by atoms with Gasteiger partial charge in [0.25, 0.3) is 5.91 Å². The van der Waals surface area contributed by atoms with Crippen molar-refractivity contribution in [2.45, 2.75) is 26.3 Å². The summed E-state index contributed by atoms with van der Waals surface area (Å²) in [4.78, 5) is 16.6. The SMILES string of the molecule is CCC(C)N1CCN(C(=O)c2ccc(N)c(O)c2)CC1. The van der Waals surface area contributed by atoms with Crippen molar-refractivity contribution in [3.8, 4) is 5.75 Å². The van der Waals surface area contributed by atoms with E-state index in [4.69, 9.17) is 5.73 Å². The summed E-state index contributed by atoms with van der Waals surface area (Å²) in [6.45, 7) is 7.67. The molecule has 0 spiro atoms. The predicted octanol–water partition coefficient (Wildman–Crippen LogP) is 1.53. The second-order valence-electron chi connectivity index (χ2n) is 5.36. The Bertz CT molecular complexity index is 482. The van der Waals surface area contributed by atoms with Gasteiger partial charge in [-0.25, -0.2) is 0 Å². The van der Waals surface area contributed by atoms with Crippen molar-refractivity contribution in [1.29, 1.82) is 0 Å². The number of amides is 1. The third-order valence-electron chi connectivity index (χ3n) is 4.09. The Hall–Kier alpha value is -1.75. The first-order chi connectivity index (χ1) is 9.52. The van der Waals surface area contributed by atoms with Gasteiger partial charge in [0.15, 0.2) is 0 Å². The normalized spacial score (nSPS) is 18.0. The average molecular weight is 277 g/mol. The molecule has 0 radical (unpaired) electrons. The molecule has 110 valence electrons. The Balaban J connectivity index is 1.99. The monoisotopic (exact) mass is 277 g/mol. The van der Waals surface area contributed by atoms with E-state index < -0.39 is 0 Å². The van der Waals surface area contributed by atoms with E-state index in [1.54, 1.807) is 12.1 Å². The number of benzene rings is 1. The molecule has 1 unspecified atom stereocenters. The lowest BCUT2D eigenvalue weighted by Crippen LogP contribution is -2.51. The molecule has 2 rings (SSSR count). The molecule has 1 atom stereocenters. The second kappa shape index (κ2) is 6.13. The number of hydrogen-bond donors (Lipinski definition) is 2. The van der Waals surface area contributed by atoms with Gasteiger partial charge in [0.05, 0.1) is 5.69 Å². The van der Waals surface area contributed by atoms with Gasteiger partial charge < -0.3 is 15.7 Å². The molecule has 1 aromatic carbocycles. The van der Waals surface area contributed by atoms with Crippen LogP contribution >= 0.6 is 0 Å². The highest BCUT2D eigenvalue weighted by molar-refractivity contribution is 5.95. The van der Waals surface area contributed by atoms with E-state index in [-0.39, 0.29) is 11.7 Å². The summed E-state index contributed by atoms with van der Waals surface area (Å²) in [5.74, 6) is -0.0711. The van der Waals surface area contributed by atoms with Gasteiger partial charge in [0, 0.05) is 37.8 Å². The molecule has 0 saturated carbocycles. The highest BCUT2D eigenvalue weighted by Crippen LogP contribution is 2.22. The fraction of sp³-hybridized carbons (Fsp3) is 0.533. The molecule has 0 aromatic heterocycles. The van der Waals surface area contributed by atoms with Gasteiger partial charge in [-0.05, 0) is 31.5 Å². The van der Waals surface area contributed by atoms with E-state index in [1.807, 2.05) is 4.90 Å². The highest BCUT2D eigenvalue weighted by Gasteiger charge is 2.24. The Kier molecular flexibility index (Phi) is 4.49. The third kappa shape index (κ3) is 3.04. The molecular formula is C15H23N3O2. The molecule has 1 aromatic rings. The van der Waals surface area contributed by atoms with Gasteiger partial charge in [-0.2, -0.15) is 0 Å². The van der Waals surface area contributed by atoms with Crippen LogP contribution in [0.4, 0.5) is 5.69 Å². The Morgan fingerprint density at radius 3 is 2.55 bits per heavy atom. The molecule has 1 amide bonds. The number of aromatic hydroxyl groups is 1. The Morgan fingerprint density at radius 2 is 2.00 bits per heavy atom. The zero-order chi connectivity index (χ0) is 14.7. The molecule has 1 aliphatic heterocycles. The highest BCUT2D eigenvalue weighted by atomic mass is 16.3. The summed E-state index contributed by atoms with van der Waals surface area (Å²) in [6.07, 6.45) is 1.12. The third-order valence-corrected chi connectivity index (χ3v) is 4.09. The number of nitrogens with zero attached hydrogens (tertiary/aromatic N) is 2. The van der Waals surface area contributed by atoms with Gasteiger partial charge in [-0.15, -0.1) is 0 Å². The topological polar surface area (TPSA) is 69.8 Å². The smallest absolute Gasteiger partial charge is 0.254 e. The van der Waals surface area contributed by atoms with Crippen LogP contribution in [0.2, 0.25) is 0 Å². The zero-order valence-corrected chi connectivity index (χ0v) is 12.2. The van der Waals surface area contributed by atoms with Crippen molar-refractivity contribution in [3.05, 3.63) is 23.8 Å².